The number of benzene rings is 1. The van der Waals surface area contributed by atoms with E-state index in [-0.39, 0.29) is 28.7 Å². The monoisotopic (exact) mass is 563 g/mol. The molecule has 3 aromatic rings. The Bertz CT molecular complexity index is 1440. The number of aromatic nitrogens is 4. The minimum absolute atomic E-state index is 0.0922. The molecule has 2 aromatic heterocycles. The number of esters is 1. The number of alkyl halides is 1. The van der Waals surface area contributed by atoms with Gasteiger partial charge < -0.3 is 30.2 Å². The third-order valence-corrected chi connectivity index (χ3v) is 7.52. The van der Waals surface area contributed by atoms with Gasteiger partial charge in [-0.2, -0.15) is 15.1 Å². The molecule has 14 nitrogen and oxygen atoms in total. The van der Waals surface area contributed by atoms with Crippen LogP contribution in [0.3, 0.4) is 0 Å². The molecule has 1 saturated heterocycles. The predicted molar refractivity (Wildman–Crippen MR) is 137 cm³/mol. The van der Waals surface area contributed by atoms with Gasteiger partial charge in [0.15, 0.2) is 23.2 Å². The molecule has 1 aliphatic rings. The van der Waals surface area contributed by atoms with Crippen molar-refractivity contribution in [1.82, 2.24) is 24.6 Å². The Morgan fingerprint density at radius 1 is 1.41 bits per heavy atom. The van der Waals surface area contributed by atoms with E-state index in [1.54, 1.807) is 25.2 Å². The molecule has 0 bridgehead atoms. The lowest BCUT2D eigenvalue weighted by atomic mass is 9.97. The fourth-order valence-corrected chi connectivity index (χ4v) is 5.44. The van der Waals surface area contributed by atoms with Gasteiger partial charge in [0.1, 0.15) is 24.0 Å². The number of carbonyl (C=O) groups is 1. The first-order valence-corrected chi connectivity index (χ1v) is 13.1. The average Bonchev–Trinajstić information content (AvgIpc) is 3.45. The van der Waals surface area contributed by atoms with Gasteiger partial charge in [0.2, 0.25) is 11.6 Å². The highest BCUT2D eigenvalue weighted by Crippen LogP contribution is 2.48. The summed E-state index contributed by atoms with van der Waals surface area (Å²) in [5.41, 5.74) is 3.35. The lowest BCUT2D eigenvalue weighted by Crippen LogP contribution is -2.42. The number of fused-ring (bicyclic) bond motifs is 1. The third kappa shape index (κ3) is 5.51. The summed E-state index contributed by atoms with van der Waals surface area (Å²) in [7, 11) is -1.56. The highest BCUT2D eigenvalue weighted by molar-refractivity contribution is 7.52. The molecule has 6 atom stereocenters. The molecule has 0 spiro atoms. The van der Waals surface area contributed by atoms with Crippen LogP contribution in [0, 0.1) is 12.3 Å². The van der Waals surface area contributed by atoms with E-state index in [0.29, 0.717) is 0 Å². The number of carbonyl (C=O) groups excluding carboxylic acids is 1. The summed E-state index contributed by atoms with van der Waals surface area (Å²) in [4.78, 5) is 24.3. The number of aliphatic hydroxyl groups excluding tert-OH is 1. The summed E-state index contributed by atoms with van der Waals surface area (Å²) in [6, 6.07) is 6.89. The summed E-state index contributed by atoms with van der Waals surface area (Å²) < 4.78 is 52.3. The molecule has 0 amide bonds. The molecule has 0 unspecified atom stereocenters. The normalized spacial score (nSPS) is 25.0. The van der Waals surface area contributed by atoms with E-state index in [2.05, 4.69) is 30.1 Å². The third-order valence-electron chi connectivity index (χ3n) is 5.88. The van der Waals surface area contributed by atoms with Crippen molar-refractivity contribution in [3.8, 4) is 18.1 Å². The molecule has 208 valence electrons. The van der Waals surface area contributed by atoms with Crippen molar-refractivity contribution >= 4 is 36.6 Å². The maximum absolute atomic E-state index is 16.1. The summed E-state index contributed by atoms with van der Waals surface area (Å²) >= 11 is 0. The highest BCUT2D eigenvalue weighted by atomic mass is 31.2. The Balaban J connectivity index is 1.61. The van der Waals surface area contributed by atoms with Crippen LogP contribution in [-0.4, -0.2) is 75.3 Å². The molecule has 0 aliphatic carbocycles. The molecule has 5 N–H and O–H groups in total. The second-order valence-electron chi connectivity index (χ2n) is 8.46. The number of nitrogens with one attached hydrogen (secondary N) is 2. The largest absolute Gasteiger partial charge is 0.468 e. The van der Waals surface area contributed by atoms with Crippen molar-refractivity contribution in [2.45, 2.75) is 37.1 Å². The van der Waals surface area contributed by atoms with E-state index in [9.17, 15) is 14.5 Å². The second-order valence-corrected chi connectivity index (χ2v) is 10.2. The Morgan fingerprint density at radius 3 is 2.77 bits per heavy atom. The maximum atomic E-state index is 16.1. The van der Waals surface area contributed by atoms with Gasteiger partial charge in [-0.25, -0.2) is 13.9 Å². The molecule has 1 aromatic carbocycles. The quantitative estimate of drug-likeness (QED) is 0.158. The number of nitrogens with zero attached hydrogens (tertiary/aromatic N) is 4. The van der Waals surface area contributed by atoms with Gasteiger partial charge >= 0.3 is 13.7 Å². The van der Waals surface area contributed by atoms with Crippen LogP contribution >= 0.6 is 7.75 Å². The van der Waals surface area contributed by atoms with Crippen molar-refractivity contribution in [3.05, 3.63) is 36.7 Å². The number of rotatable bonds is 10. The number of halogens is 1. The molecule has 3 heterocycles. The van der Waals surface area contributed by atoms with Crippen LogP contribution in [0.15, 0.2) is 36.7 Å². The molecule has 16 heteroatoms. The Kier molecular flexibility index (Phi) is 8.05. The van der Waals surface area contributed by atoms with E-state index < -0.39 is 50.5 Å². The van der Waals surface area contributed by atoms with Gasteiger partial charge in [0.05, 0.1) is 20.0 Å². The Morgan fingerprint density at radius 2 is 2.13 bits per heavy atom. The van der Waals surface area contributed by atoms with Gasteiger partial charge in [-0.15, -0.1) is 6.42 Å². The lowest BCUT2D eigenvalue weighted by Gasteiger charge is -2.24. The highest BCUT2D eigenvalue weighted by Gasteiger charge is 2.58. The number of aliphatic hydroxyl groups is 1. The number of nitrogen functional groups attached to an aromatic ring is 1. The fraction of sp³-hybridized carbons (Fsp3) is 0.391. The van der Waals surface area contributed by atoms with E-state index in [1.807, 2.05) is 5.92 Å². The minimum Gasteiger partial charge on any atom is -0.468 e. The van der Waals surface area contributed by atoms with Gasteiger partial charge in [0.25, 0.3) is 0 Å². The zero-order chi connectivity index (χ0) is 28.4. The first-order valence-electron chi connectivity index (χ1n) is 11.6. The number of ether oxygens (including phenoxy) is 2. The number of anilines is 2. The predicted octanol–water partition coefficient (Wildman–Crippen LogP) is 1.40. The molecule has 4 rings (SSSR count). The first kappa shape index (κ1) is 28.2. The smallest absolute Gasteiger partial charge is 0.459 e. The van der Waals surface area contributed by atoms with Crippen LogP contribution in [0.4, 0.5) is 16.2 Å². The summed E-state index contributed by atoms with van der Waals surface area (Å²) in [5, 5.41) is 16.1. The van der Waals surface area contributed by atoms with Crippen LogP contribution in [-0.2, 0) is 23.4 Å². The molecular weight excluding hydrogens is 536 g/mol. The summed E-state index contributed by atoms with van der Waals surface area (Å²) in [5.74, 6) is 1.52. The van der Waals surface area contributed by atoms with E-state index in [0.717, 1.165) is 7.11 Å². The van der Waals surface area contributed by atoms with E-state index >= 15 is 4.39 Å². The van der Waals surface area contributed by atoms with Gasteiger partial charge in [0, 0.05) is 7.05 Å². The number of para-hydroxylation sites is 1. The lowest BCUT2D eigenvalue weighted by molar-refractivity contribution is -0.142. The number of imidazole rings is 1. The number of terminal acetylenes is 1. The molecular formula is C23H27FN7O7P. The minimum atomic E-state index is -4.31. The molecule has 0 saturated carbocycles. The van der Waals surface area contributed by atoms with Crippen LogP contribution in [0.1, 0.15) is 13.2 Å². The number of hydrogen-bond acceptors (Lipinski definition) is 12. The van der Waals surface area contributed by atoms with Crippen molar-refractivity contribution in [1.29, 1.82) is 0 Å². The maximum Gasteiger partial charge on any atom is 0.459 e. The average molecular weight is 563 g/mol. The number of hydrogen-bond donors (Lipinski definition) is 4. The zero-order valence-electron chi connectivity index (χ0n) is 21.1. The SMILES string of the molecule is C#C[C@@]1(F)[C@H](O)[C@@H](CO[P@@](=O)(N[C@H](C)C(=O)OC)Oc2ccccc2)O[C@H]1n1cnc2c(NC)nc(N)nc21. The van der Waals surface area contributed by atoms with Crippen molar-refractivity contribution in [2.24, 2.45) is 0 Å². The van der Waals surface area contributed by atoms with Crippen molar-refractivity contribution in [3.63, 3.8) is 0 Å². The van der Waals surface area contributed by atoms with Crippen LogP contribution in [0.2, 0.25) is 0 Å². The van der Waals surface area contributed by atoms with Gasteiger partial charge in [-0.3, -0.25) is 13.9 Å². The zero-order valence-corrected chi connectivity index (χ0v) is 22.0. The molecule has 0 radical (unpaired) electrons. The van der Waals surface area contributed by atoms with E-state index in [1.165, 1.54) is 30.0 Å². The van der Waals surface area contributed by atoms with Crippen molar-refractivity contribution in [2.75, 3.05) is 31.8 Å². The van der Waals surface area contributed by atoms with Crippen LogP contribution in [0.25, 0.3) is 11.2 Å². The number of methoxy groups -OCH3 is 1. The van der Waals surface area contributed by atoms with Gasteiger partial charge in [-0.05, 0) is 19.1 Å². The second kappa shape index (κ2) is 11.1. The summed E-state index contributed by atoms with van der Waals surface area (Å²) in [6.07, 6.45) is 1.73. The number of nitrogens with two attached hydrogens (primary N) is 1. The summed E-state index contributed by atoms with van der Waals surface area (Å²) in [6.45, 7) is 0.733. The standard InChI is InChI=1S/C23H27FN7O7P/c1-5-23(24)17(32)15(37-21(23)31-12-27-16-18(26-3)28-22(25)29-19(16)31)11-36-39(34,30-13(2)20(33)35-4)38-14-9-7-6-8-10-14/h1,6-10,12-13,15,17,21,32H,11H2,2-4H3,(H,30,34)(H3,25,26,28,29)/t13-,15-,17-,21-,23-,39+/m1/s1. The molecule has 39 heavy (non-hydrogen) atoms. The Hall–Kier alpha value is -3.80. The van der Waals surface area contributed by atoms with Crippen LogP contribution < -0.4 is 20.7 Å². The fourth-order valence-electron chi connectivity index (χ4n) is 3.94. The molecule has 1 fully saturated rings. The Labute approximate surface area is 222 Å². The van der Waals surface area contributed by atoms with E-state index in [4.69, 9.17) is 25.9 Å². The van der Waals surface area contributed by atoms with Crippen LogP contribution in [0.5, 0.6) is 5.75 Å². The topological polar surface area (TPSA) is 185 Å². The molecule has 1 aliphatic heterocycles. The van der Waals surface area contributed by atoms with Gasteiger partial charge in [-0.1, -0.05) is 24.1 Å². The first-order chi connectivity index (χ1) is 18.5. The van der Waals surface area contributed by atoms with Crippen molar-refractivity contribution < 1.29 is 37.4 Å².